The Morgan fingerprint density at radius 2 is 1.93 bits per heavy atom. The number of ether oxygens (including phenoxy) is 1. The first-order valence-corrected chi connectivity index (χ1v) is 12.7. The van der Waals surface area contributed by atoms with Crippen LogP contribution in [-0.2, 0) is 25.7 Å². The molecule has 40 heavy (non-hydrogen) atoms. The number of aliphatic hydroxyl groups is 1. The van der Waals surface area contributed by atoms with Crippen LogP contribution in [0.5, 0.6) is 5.75 Å². The number of anilines is 1. The van der Waals surface area contributed by atoms with Gasteiger partial charge in [0.15, 0.2) is 5.69 Å². The Hall–Kier alpha value is -4.26. The molecule has 5 heterocycles. The van der Waals surface area contributed by atoms with Gasteiger partial charge in [0.25, 0.3) is 5.91 Å². The summed E-state index contributed by atoms with van der Waals surface area (Å²) in [6.07, 6.45) is 0.841. The van der Waals surface area contributed by atoms with Crippen LogP contribution in [0.15, 0.2) is 36.9 Å². The SMILES string of the molecule is O=C1c2ncn3c(NCc4c(F)ccc5c4CCO5)ncc(c23)-c2cnc(C(F)(F)F)cc2CN1CC1(O)CC1. The molecule has 3 aromatic heterocycles. The van der Waals surface area contributed by atoms with Crippen molar-refractivity contribution in [2.45, 2.75) is 44.1 Å². The van der Waals surface area contributed by atoms with Crippen molar-refractivity contribution in [3.05, 3.63) is 70.8 Å². The zero-order chi connectivity index (χ0) is 27.8. The second-order valence-corrected chi connectivity index (χ2v) is 10.4. The third-order valence-corrected chi connectivity index (χ3v) is 7.66. The molecule has 2 aliphatic heterocycles. The van der Waals surface area contributed by atoms with Gasteiger partial charge >= 0.3 is 6.18 Å². The number of pyridine rings is 1. The molecule has 2 N–H and O–H groups in total. The third-order valence-electron chi connectivity index (χ3n) is 7.66. The largest absolute Gasteiger partial charge is 0.493 e. The van der Waals surface area contributed by atoms with Gasteiger partial charge in [0.05, 0.1) is 24.3 Å². The molecular weight excluding hydrogens is 532 g/mol. The third kappa shape index (κ3) is 4.03. The molecule has 1 saturated carbocycles. The van der Waals surface area contributed by atoms with E-state index in [2.05, 4.69) is 20.3 Å². The summed E-state index contributed by atoms with van der Waals surface area (Å²) in [6.45, 7) is 0.333. The van der Waals surface area contributed by atoms with E-state index in [-0.39, 0.29) is 36.8 Å². The number of carbonyl (C=O) groups is 1. The number of nitrogens with one attached hydrogen (secondary N) is 1. The minimum Gasteiger partial charge on any atom is -0.493 e. The Labute approximate surface area is 224 Å². The van der Waals surface area contributed by atoms with E-state index in [1.807, 2.05) is 0 Å². The molecule has 1 fully saturated rings. The summed E-state index contributed by atoms with van der Waals surface area (Å²) in [6, 6.07) is 3.87. The molecule has 1 aliphatic carbocycles. The maximum Gasteiger partial charge on any atom is 0.433 e. The number of imidazole rings is 1. The highest BCUT2D eigenvalue weighted by atomic mass is 19.4. The van der Waals surface area contributed by atoms with Crippen molar-refractivity contribution >= 4 is 17.4 Å². The quantitative estimate of drug-likeness (QED) is 0.360. The zero-order valence-corrected chi connectivity index (χ0v) is 20.9. The standard InChI is InChI=1S/C27H22F4N6O3/c28-19-1-2-20-15(3-6-40-20)17(19)9-33-25-34-10-18-16-8-32-21(27(29,30)31)7-14(16)11-36(12-26(39)4-5-26)24(38)22-23(18)37(25)13-35-22/h1-2,7-8,10,13,39H,3-6,9,11-12H2,(H,33,34). The smallest absolute Gasteiger partial charge is 0.433 e. The molecule has 13 heteroatoms. The monoisotopic (exact) mass is 554 g/mol. The minimum absolute atomic E-state index is 0.0417. The summed E-state index contributed by atoms with van der Waals surface area (Å²) in [5.74, 6) is -0.0319. The average Bonchev–Trinajstić information content (AvgIpc) is 3.28. The number of benzene rings is 1. The van der Waals surface area contributed by atoms with Crippen molar-refractivity contribution in [2.75, 3.05) is 18.5 Å². The lowest BCUT2D eigenvalue weighted by atomic mass is 9.98. The molecule has 0 spiro atoms. The van der Waals surface area contributed by atoms with Gasteiger partial charge in [0.2, 0.25) is 5.95 Å². The van der Waals surface area contributed by atoms with Gasteiger partial charge in [-0.1, -0.05) is 0 Å². The summed E-state index contributed by atoms with van der Waals surface area (Å²) in [4.78, 5) is 27.5. The molecule has 0 atom stereocenters. The van der Waals surface area contributed by atoms with Crippen molar-refractivity contribution in [3.8, 4) is 16.9 Å². The first-order valence-electron chi connectivity index (χ1n) is 12.7. The molecule has 206 valence electrons. The number of carbonyl (C=O) groups excluding carboxylic acids is 1. The first-order chi connectivity index (χ1) is 19.1. The fourth-order valence-electron chi connectivity index (χ4n) is 5.41. The summed E-state index contributed by atoms with van der Waals surface area (Å²) in [5.41, 5.74) is 0.395. The van der Waals surface area contributed by atoms with Crippen LogP contribution in [0.4, 0.5) is 23.5 Å². The number of β-amino-alcohol motifs (C(OH)–C–C–N with tert-alkyl or cyclic N) is 1. The fraction of sp³-hybridized carbons (Fsp3) is 0.333. The Bertz CT molecular complexity index is 1700. The molecule has 0 bridgehead atoms. The summed E-state index contributed by atoms with van der Waals surface area (Å²) >= 11 is 0. The Balaban J connectivity index is 1.34. The second-order valence-electron chi connectivity index (χ2n) is 10.4. The number of alkyl halides is 3. The lowest BCUT2D eigenvalue weighted by molar-refractivity contribution is -0.141. The summed E-state index contributed by atoms with van der Waals surface area (Å²) < 4.78 is 62.4. The van der Waals surface area contributed by atoms with Gasteiger partial charge < -0.3 is 20.1 Å². The normalized spacial score (nSPS) is 17.2. The van der Waals surface area contributed by atoms with Crippen LogP contribution in [0.1, 0.15) is 45.7 Å². The van der Waals surface area contributed by atoms with E-state index in [1.165, 1.54) is 27.9 Å². The molecule has 1 amide bonds. The van der Waals surface area contributed by atoms with Gasteiger partial charge in [-0.25, -0.2) is 14.4 Å². The van der Waals surface area contributed by atoms with Crippen LogP contribution in [0.25, 0.3) is 16.6 Å². The Morgan fingerprint density at radius 3 is 2.70 bits per heavy atom. The number of amides is 1. The molecule has 0 unspecified atom stereocenters. The van der Waals surface area contributed by atoms with E-state index in [0.29, 0.717) is 53.8 Å². The second kappa shape index (κ2) is 8.62. The van der Waals surface area contributed by atoms with E-state index in [4.69, 9.17) is 4.74 Å². The summed E-state index contributed by atoms with van der Waals surface area (Å²) in [7, 11) is 0. The number of rotatable bonds is 5. The minimum atomic E-state index is -4.68. The van der Waals surface area contributed by atoms with Crippen molar-refractivity contribution in [2.24, 2.45) is 0 Å². The van der Waals surface area contributed by atoms with Gasteiger partial charge in [-0.3, -0.25) is 14.2 Å². The molecule has 1 aromatic carbocycles. The van der Waals surface area contributed by atoms with Crippen LogP contribution in [0.3, 0.4) is 0 Å². The molecule has 3 aliphatic rings. The number of hydrogen-bond donors (Lipinski definition) is 2. The molecule has 4 aromatic rings. The highest BCUT2D eigenvalue weighted by Crippen LogP contribution is 2.40. The van der Waals surface area contributed by atoms with Gasteiger partial charge in [0, 0.05) is 54.2 Å². The number of hydrogen-bond acceptors (Lipinski definition) is 7. The molecule has 7 rings (SSSR count). The Morgan fingerprint density at radius 1 is 1.12 bits per heavy atom. The number of halogens is 4. The van der Waals surface area contributed by atoms with Crippen molar-refractivity contribution in [3.63, 3.8) is 0 Å². The van der Waals surface area contributed by atoms with Crippen LogP contribution in [0.2, 0.25) is 0 Å². The highest BCUT2D eigenvalue weighted by molar-refractivity contribution is 6.04. The van der Waals surface area contributed by atoms with E-state index in [1.54, 1.807) is 6.07 Å². The van der Waals surface area contributed by atoms with Gasteiger partial charge in [-0.2, -0.15) is 13.2 Å². The van der Waals surface area contributed by atoms with Crippen LogP contribution in [0, 0.1) is 5.82 Å². The predicted octanol–water partition coefficient (Wildman–Crippen LogP) is 3.98. The topological polar surface area (TPSA) is 105 Å². The van der Waals surface area contributed by atoms with E-state index < -0.39 is 29.2 Å². The fourth-order valence-corrected chi connectivity index (χ4v) is 5.41. The summed E-state index contributed by atoms with van der Waals surface area (Å²) in [5, 5.41) is 13.7. The molecule has 0 saturated heterocycles. The Kier molecular flexibility index (Phi) is 5.33. The number of aromatic nitrogens is 4. The van der Waals surface area contributed by atoms with Gasteiger partial charge in [0.1, 0.15) is 23.6 Å². The predicted molar refractivity (Wildman–Crippen MR) is 133 cm³/mol. The zero-order valence-electron chi connectivity index (χ0n) is 20.9. The van der Waals surface area contributed by atoms with Crippen LogP contribution < -0.4 is 10.1 Å². The van der Waals surface area contributed by atoms with Crippen LogP contribution in [-0.4, -0.2) is 54.0 Å². The lowest BCUT2D eigenvalue weighted by Gasteiger charge is -2.28. The lowest BCUT2D eigenvalue weighted by Crippen LogP contribution is -2.39. The average molecular weight is 555 g/mol. The highest BCUT2D eigenvalue weighted by Gasteiger charge is 2.44. The molecule has 9 nitrogen and oxygen atoms in total. The molecular formula is C27H22F4N6O3. The van der Waals surface area contributed by atoms with Crippen molar-refractivity contribution < 1.29 is 32.2 Å². The van der Waals surface area contributed by atoms with E-state index >= 15 is 0 Å². The van der Waals surface area contributed by atoms with Crippen molar-refractivity contribution in [1.82, 2.24) is 24.3 Å². The van der Waals surface area contributed by atoms with E-state index in [9.17, 15) is 27.5 Å². The maximum atomic E-state index is 14.7. The maximum absolute atomic E-state index is 14.7. The number of fused-ring (bicyclic) bond motifs is 3. The van der Waals surface area contributed by atoms with Gasteiger partial charge in [-0.15, -0.1) is 0 Å². The first kappa shape index (κ1) is 24.8. The molecule has 0 radical (unpaired) electrons. The van der Waals surface area contributed by atoms with Crippen LogP contribution >= 0.6 is 0 Å². The van der Waals surface area contributed by atoms with Crippen molar-refractivity contribution in [1.29, 1.82) is 0 Å². The van der Waals surface area contributed by atoms with E-state index in [0.717, 1.165) is 17.8 Å². The number of nitrogens with zero attached hydrogens (tertiary/aromatic N) is 5. The van der Waals surface area contributed by atoms with Gasteiger partial charge in [-0.05, 0) is 36.6 Å².